The van der Waals surface area contributed by atoms with Gasteiger partial charge in [-0.3, -0.25) is 0 Å². The second kappa shape index (κ2) is 7.10. The molecular weight excluding hydrogens is 383 g/mol. The molecule has 0 amide bonds. The van der Waals surface area contributed by atoms with Crippen LogP contribution in [0, 0.1) is 5.82 Å². The van der Waals surface area contributed by atoms with Crippen molar-refractivity contribution in [1.82, 2.24) is 0 Å². The van der Waals surface area contributed by atoms with Crippen LogP contribution >= 0.6 is 0 Å². The highest BCUT2D eigenvalue weighted by Crippen LogP contribution is 2.50. The van der Waals surface area contributed by atoms with Crippen LogP contribution in [-0.4, -0.2) is 0 Å². The molecule has 5 aromatic carbocycles. The fraction of sp³-hybridized carbons (Fsp3) is 0.0345. The van der Waals surface area contributed by atoms with Crippen LogP contribution in [0.15, 0.2) is 109 Å². The average Bonchev–Trinajstić information content (AvgIpc) is 2.83. The van der Waals surface area contributed by atoms with E-state index in [2.05, 4.69) is 48.5 Å². The first-order valence-corrected chi connectivity index (χ1v) is 10.4. The molecule has 2 heteroatoms. The van der Waals surface area contributed by atoms with Gasteiger partial charge in [0, 0.05) is 17.0 Å². The average molecular weight is 402 g/mol. The molecule has 0 aliphatic carbocycles. The Morgan fingerprint density at radius 1 is 0.613 bits per heavy atom. The molecule has 6 rings (SSSR count). The largest absolute Gasteiger partial charge is 0.457 e. The van der Waals surface area contributed by atoms with Crippen LogP contribution in [0.4, 0.5) is 4.39 Å². The third-order valence-corrected chi connectivity index (χ3v) is 6.07. The Labute approximate surface area is 180 Å². The number of ether oxygens (including phenoxy) is 1. The summed E-state index contributed by atoms with van der Waals surface area (Å²) >= 11 is 0. The molecule has 0 bridgehead atoms. The van der Waals surface area contributed by atoms with Gasteiger partial charge in [-0.1, -0.05) is 78.9 Å². The molecule has 148 valence electrons. The van der Waals surface area contributed by atoms with Crippen molar-refractivity contribution >= 4 is 10.8 Å². The lowest BCUT2D eigenvalue weighted by atomic mass is 9.79. The van der Waals surface area contributed by atoms with Gasteiger partial charge in [0.2, 0.25) is 0 Å². The third-order valence-electron chi connectivity index (χ3n) is 6.07. The van der Waals surface area contributed by atoms with Gasteiger partial charge in [-0.25, -0.2) is 4.39 Å². The topological polar surface area (TPSA) is 9.23 Å². The summed E-state index contributed by atoms with van der Waals surface area (Å²) in [5.74, 6) is 1.42. The number of halogens is 1. The van der Waals surface area contributed by atoms with Crippen LogP contribution in [0.2, 0.25) is 0 Å². The third kappa shape index (κ3) is 3.00. The number of benzene rings is 5. The molecule has 5 aromatic rings. The van der Waals surface area contributed by atoms with E-state index in [1.165, 1.54) is 17.5 Å². The molecule has 1 aliphatic heterocycles. The SMILES string of the molecule is Fc1ccc(C2c3cc(-c4ccccc4)ccc3Oc3ccc4ccccc4c32)cc1. The van der Waals surface area contributed by atoms with Crippen LogP contribution < -0.4 is 4.74 Å². The summed E-state index contributed by atoms with van der Waals surface area (Å²) < 4.78 is 20.1. The second-order valence-corrected chi connectivity index (χ2v) is 7.90. The van der Waals surface area contributed by atoms with Gasteiger partial charge < -0.3 is 4.74 Å². The maximum atomic E-state index is 13.8. The predicted molar refractivity (Wildman–Crippen MR) is 123 cm³/mol. The Bertz CT molecular complexity index is 1400. The predicted octanol–water partition coefficient (Wildman–Crippen LogP) is 7.93. The molecular formula is C29H19FO. The normalized spacial score (nSPS) is 14.5. The molecule has 31 heavy (non-hydrogen) atoms. The van der Waals surface area contributed by atoms with E-state index in [9.17, 15) is 4.39 Å². The Balaban J connectivity index is 1.63. The lowest BCUT2D eigenvalue weighted by molar-refractivity contribution is 0.454. The summed E-state index contributed by atoms with van der Waals surface area (Å²) in [6.07, 6.45) is 0. The second-order valence-electron chi connectivity index (χ2n) is 7.90. The zero-order chi connectivity index (χ0) is 20.8. The van der Waals surface area contributed by atoms with Crippen molar-refractivity contribution in [2.75, 3.05) is 0 Å². The standard InChI is InChI=1S/C29H19FO/c30-23-14-10-21(11-15-23)28-25-18-22(19-6-2-1-3-7-19)13-16-26(25)31-27-17-12-20-8-4-5-9-24(20)29(27)28/h1-18,28H. The van der Waals surface area contributed by atoms with Gasteiger partial charge >= 0.3 is 0 Å². The molecule has 1 heterocycles. The molecule has 0 aromatic heterocycles. The van der Waals surface area contributed by atoms with E-state index >= 15 is 0 Å². The molecule has 0 radical (unpaired) electrons. The lowest BCUT2D eigenvalue weighted by Crippen LogP contribution is -2.12. The molecule has 1 atom stereocenters. The van der Waals surface area contributed by atoms with Crippen molar-refractivity contribution in [3.05, 3.63) is 132 Å². The quantitative estimate of drug-likeness (QED) is 0.286. The van der Waals surface area contributed by atoms with Gasteiger partial charge in [-0.2, -0.15) is 0 Å². The Morgan fingerprint density at radius 2 is 1.35 bits per heavy atom. The van der Waals surface area contributed by atoms with Crippen molar-refractivity contribution < 1.29 is 9.13 Å². The minimum absolute atomic E-state index is 0.0471. The summed E-state index contributed by atoms with van der Waals surface area (Å²) in [7, 11) is 0. The first kappa shape index (κ1) is 17.9. The smallest absolute Gasteiger partial charge is 0.132 e. The Morgan fingerprint density at radius 3 is 2.19 bits per heavy atom. The van der Waals surface area contributed by atoms with Crippen LogP contribution in [0.25, 0.3) is 21.9 Å². The fourth-order valence-electron chi connectivity index (χ4n) is 4.61. The van der Waals surface area contributed by atoms with E-state index in [0.29, 0.717) is 0 Å². The summed E-state index contributed by atoms with van der Waals surface area (Å²) in [5, 5.41) is 2.32. The van der Waals surface area contributed by atoms with Gasteiger partial charge in [-0.15, -0.1) is 0 Å². The minimum Gasteiger partial charge on any atom is -0.457 e. The fourth-order valence-corrected chi connectivity index (χ4v) is 4.61. The molecule has 0 N–H and O–H groups in total. The molecule has 1 unspecified atom stereocenters. The molecule has 0 saturated heterocycles. The Kier molecular flexibility index (Phi) is 4.10. The van der Waals surface area contributed by atoms with Crippen molar-refractivity contribution in [1.29, 1.82) is 0 Å². The highest BCUT2D eigenvalue weighted by atomic mass is 19.1. The number of fused-ring (bicyclic) bond motifs is 4. The summed E-state index contributed by atoms with van der Waals surface area (Å²) in [6, 6.07) is 36.0. The van der Waals surface area contributed by atoms with Gasteiger partial charge in [0.1, 0.15) is 17.3 Å². The molecule has 1 nitrogen and oxygen atoms in total. The van der Waals surface area contributed by atoms with Crippen LogP contribution in [0.5, 0.6) is 11.5 Å². The number of hydrogen-bond acceptors (Lipinski definition) is 1. The van der Waals surface area contributed by atoms with Crippen LogP contribution in [-0.2, 0) is 0 Å². The summed E-state index contributed by atoms with van der Waals surface area (Å²) in [5.41, 5.74) is 5.57. The van der Waals surface area contributed by atoms with Crippen molar-refractivity contribution in [3.63, 3.8) is 0 Å². The van der Waals surface area contributed by atoms with Crippen molar-refractivity contribution in [2.24, 2.45) is 0 Å². The van der Waals surface area contributed by atoms with E-state index in [0.717, 1.165) is 44.7 Å². The van der Waals surface area contributed by atoms with Gasteiger partial charge in [0.15, 0.2) is 0 Å². The van der Waals surface area contributed by atoms with Gasteiger partial charge in [0.25, 0.3) is 0 Å². The maximum Gasteiger partial charge on any atom is 0.132 e. The van der Waals surface area contributed by atoms with E-state index in [1.807, 2.05) is 48.5 Å². The van der Waals surface area contributed by atoms with Crippen molar-refractivity contribution in [2.45, 2.75) is 5.92 Å². The molecule has 1 aliphatic rings. The van der Waals surface area contributed by atoms with Crippen LogP contribution in [0.3, 0.4) is 0 Å². The monoisotopic (exact) mass is 402 g/mol. The number of hydrogen-bond donors (Lipinski definition) is 0. The summed E-state index contributed by atoms with van der Waals surface area (Å²) in [6.45, 7) is 0. The zero-order valence-corrected chi connectivity index (χ0v) is 16.8. The van der Waals surface area contributed by atoms with E-state index in [-0.39, 0.29) is 11.7 Å². The van der Waals surface area contributed by atoms with E-state index < -0.39 is 0 Å². The maximum absolute atomic E-state index is 13.8. The summed E-state index contributed by atoms with van der Waals surface area (Å²) in [4.78, 5) is 0. The molecule has 0 saturated carbocycles. The number of rotatable bonds is 2. The highest BCUT2D eigenvalue weighted by Gasteiger charge is 2.30. The van der Waals surface area contributed by atoms with Gasteiger partial charge in [-0.05, 0) is 57.8 Å². The Hall–Kier alpha value is -3.91. The van der Waals surface area contributed by atoms with Crippen LogP contribution in [0.1, 0.15) is 22.6 Å². The van der Waals surface area contributed by atoms with Crippen molar-refractivity contribution in [3.8, 4) is 22.6 Å². The lowest BCUT2D eigenvalue weighted by Gasteiger charge is -2.30. The highest BCUT2D eigenvalue weighted by molar-refractivity contribution is 5.90. The molecule has 0 fully saturated rings. The minimum atomic E-state index is -0.229. The first-order valence-electron chi connectivity index (χ1n) is 10.4. The zero-order valence-electron chi connectivity index (χ0n) is 16.8. The molecule has 0 spiro atoms. The first-order chi connectivity index (χ1) is 15.3. The van der Waals surface area contributed by atoms with Gasteiger partial charge in [0.05, 0.1) is 0 Å². The van der Waals surface area contributed by atoms with E-state index in [4.69, 9.17) is 4.74 Å². The van der Waals surface area contributed by atoms with E-state index in [1.54, 1.807) is 0 Å².